The molecule has 2 aliphatic carbocycles. The molecule has 3 unspecified atom stereocenters. The van der Waals surface area contributed by atoms with Gasteiger partial charge in [0.1, 0.15) is 0 Å². The number of hydrogen-bond donors (Lipinski definition) is 1. The molecule has 0 spiro atoms. The van der Waals surface area contributed by atoms with Gasteiger partial charge in [-0.25, -0.2) is 0 Å². The summed E-state index contributed by atoms with van der Waals surface area (Å²) in [4.78, 5) is 0. The lowest BCUT2D eigenvalue weighted by atomic mass is 10.00. The minimum Gasteiger partial charge on any atom is -0.388 e. The van der Waals surface area contributed by atoms with Gasteiger partial charge in [-0.3, -0.25) is 0 Å². The van der Waals surface area contributed by atoms with Gasteiger partial charge in [0.15, 0.2) is 0 Å². The van der Waals surface area contributed by atoms with E-state index in [4.69, 9.17) is 23.2 Å². The van der Waals surface area contributed by atoms with Gasteiger partial charge in [0.05, 0.1) is 16.1 Å². The van der Waals surface area contributed by atoms with Crippen LogP contribution in [0.5, 0.6) is 0 Å². The lowest BCUT2D eigenvalue weighted by Crippen LogP contribution is -2.04. The van der Waals surface area contributed by atoms with Gasteiger partial charge in [-0.1, -0.05) is 35.7 Å². The number of rotatable bonds is 2. The Morgan fingerprint density at radius 1 is 1.12 bits per heavy atom. The van der Waals surface area contributed by atoms with Crippen molar-refractivity contribution in [3.05, 3.63) is 33.8 Å². The van der Waals surface area contributed by atoms with Crippen LogP contribution >= 0.6 is 23.2 Å². The standard InChI is InChI=1S/C13H14Cl2O/c14-10-5-4-7(6-11(10)15)13(16)12-8-2-1-3-9(8)12/h4-6,8-9,12-13,16H,1-3H2. The highest BCUT2D eigenvalue weighted by Crippen LogP contribution is 2.62. The molecule has 0 aliphatic heterocycles. The van der Waals surface area contributed by atoms with E-state index in [2.05, 4.69) is 0 Å². The minimum absolute atomic E-state index is 0.356. The highest BCUT2D eigenvalue weighted by atomic mass is 35.5. The van der Waals surface area contributed by atoms with Crippen molar-refractivity contribution in [3.8, 4) is 0 Å². The highest BCUT2D eigenvalue weighted by Gasteiger charge is 2.55. The summed E-state index contributed by atoms with van der Waals surface area (Å²) in [5.74, 6) is 1.97. The lowest BCUT2D eigenvalue weighted by Gasteiger charge is -2.13. The summed E-state index contributed by atoms with van der Waals surface area (Å²) >= 11 is 11.8. The van der Waals surface area contributed by atoms with E-state index in [1.54, 1.807) is 12.1 Å². The van der Waals surface area contributed by atoms with Gasteiger partial charge in [0, 0.05) is 0 Å². The predicted molar refractivity (Wildman–Crippen MR) is 65.7 cm³/mol. The van der Waals surface area contributed by atoms with E-state index in [-0.39, 0.29) is 6.10 Å². The molecule has 1 N–H and O–H groups in total. The summed E-state index contributed by atoms with van der Waals surface area (Å²) in [5.41, 5.74) is 0.911. The molecule has 3 atom stereocenters. The van der Waals surface area contributed by atoms with Gasteiger partial charge >= 0.3 is 0 Å². The molecule has 1 aromatic rings. The van der Waals surface area contributed by atoms with Crippen molar-refractivity contribution in [1.29, 1.82) is 0 Å². The van der Waals surface area contributed by atoms with Crippen molar-refractivity contribution < 1.29 is 5.11 Å². The van der Waals surface area contributed by atoms with Crippen LogP contribution in [0.1, 0.15) is 30.9 Å². The molecule has 0 heterocycles. The molecule has 0 radical (unpaired) electrons. The first-order valence-electron chi connectivity index (χ1n) is 5.81. The Balaban J connectivity index is 1.79. The van der Waals surface area contributed by atoms with Crippen molar-refractivity contribution in [2.45, 2.75) is 25.4 Å². The Kier molecular flexibility index (Phi) is 2.66. The third kappa shape index (κ3) is 1.66. The largest absolute Gasteiger partial charge is 0.388 e. The maximum absolute atomic E-state index is 10.3. The number of halogens is 2. The van der Waals surface area contributed by atoms with E-state index in [1.807, 2.05) is 6.07 Å². The third-order valence-electron chi connectivity index (χ3n) is 4.12. The molecule has 86 valence electrons. The van der Waals surface area contributed by atoms with Crippen LogP contribution in [0.4, 0.5) is 0 Å². The zero-order valence-electron chi connectivity index (χ0n) is 8.87. The molecule has 2 saturated carbocycles. The summed E-state index contributed by atoms with van der Waals surface area (Å²) in [6.45, 7) is 0. The Hall–Kier alpha value is -0.240. The van der Waals surface area contributed by atoms with E-state index in [9.17, 15) is 5.11 Å². The van der Waals surface area contributed by atoms with Gasteiger partial charge < -0.3 is 5.11 Å². The Morgan fingerprint density at radius 2 is 1.81 bits per heavy atom. The molecule has 3 rings (SSSR count). The molecule has 1 aromatic carbocycles. The average molecular weight is 257 g/mol. The second-order valence-corrected chi connectivity index (χ2v) is 5.77. The van der Waals surface area contributed by atoms with Crippen molar-refractivity contribution >= 4 is 23.2 Å². The second kappa shape index (κ2) is 3.90. The van der Waals surface area contributed by atoms with Crippen LogP contribution in [-0.4, -0.2) is 5.11 Å². The smallest absolute Gasteiger partial charge is 0.0824 e. The Bertz CT molecular complexity index is 408. The normalized spacial score (nSPS) is 33.6. The molecular formula is C13H14Cl2O. The molecule has 2 fully saturated rings. The monoisotopic (exact) mass is 256 g/mol. The van der Waals surface area contributed by atoms with Crippen LogP contribution in [0.25, 0.3) is 0 Å². The van der Waals surface area contributed by atoms with Crippen molar-refractivity contribution in [2.24, 2.45) is 17.8 Å². The fourth-order valence-corrected chi connectivity index (χ4v) is 3.57. The molecule has 3 heteroatoms. The SMILES string of the molecule is OC(c1ccc(Cl)c(Cl)c1)C1C2CCCC21. The molecule has 2 aliphatic rings. The number of hydrogen-bond acceptors (Lipinski definition) is 1. The Labute approximate surface area is 105 Å². The van der Waals surface area contributed by atoms with Crippen LogP contribution in [0.15, 0.2) is 18.2 Å². The van der Waals surface area contributed by atoms with Gasteiger partial charge in [-0.2, -0.15) is 0 Å². The predicted octanol–water partition coefficient (Wildman–Crippen LogP) is 4.07. The van der Waals surface area contributed by atoms with Gasteiger partial charge in [-0.05, 0) is 48.3 Å². The molecule has 1 nitrogen and oxygen atoms in total. The van der Waals surface area contributed by atoms with Crippen LogP contribution in [0.2, 0.25) is 10.0 Å². The van der Waals surface area contributed by atoms with Gasteiger partial charge in [0.25, 0.3) is 0 Å². The first kappa shape index (κ1) is 10.9. The highest BCUT2D eigenvalue weighted by molar-refractivity contribution is 6.42. The van der Waals surface area contributed by atoms with Crippen molar-refractivity contribution in [2.75, 3.05) is 0 Å². The minimum atomic E-state index is -0.356. The van der Waals surface area contributed by atoms with Crippen LogP contribution in [-0.2, 0) is 0 Å². The van der Waals surface area contributed by atoms with Gasteiger partial charge in [-0.15, -0.1) is 0 Å². The topological polar surface area (TPSA) is 20.2 Å². The zero-order chi connectivity index (χ0) is 11.3. The molecule has 0 saturated heterocycles. The van der Waals surface area contributed by atoms with Crippen LogP contribution < -0.4 is 0 Å². The molecule has 0 bridgehead atoms. The first-order chi connectivity index (χ1) is 7.68. The first-order valence-corrected chi connectivity index (χ1v) is 6.57. The van der Waals surface area contributed by atoms with Crippen molar-refractivity contribution in [3.63, 3.8) is 0 Å². The lowest BCUT2D eigenvalue weighted by molar-refractivity contribution is 0.137. The number of aliphatic hydroxyl groups is 1. The fourth-order valence-electron chi connectivity index (χ4n) is 3.26. The van der Waals surface area contributed by atoms with Gasteiger partial charge in [0.2, 0.25) is 0 Å². The third-order valence-corrected chi connectivity index (χ3v) is 4.86. The van der Waals surface area contributed by atoms with Crippen LogP contribution in [0, 0.1) is 17.8 Å². The van der Waals surface area contributed by atoms with Crippen LogP contribution in [0.3, 0.4) is 0 Å². The number of benzene rings is 1. The maximum atomic E-state index is 10.3. The Morgan fingerprint density at radius 3 is 2.44 bits per heavy atom. The average Bonchev–Trinajstić information content (AvgIpc) is 2.74. The summed E-state index contributed by atoms with van der Waals surface area (Å²) in [6, 6.07) is 5.44. The maximum Gasteiger partial charge on any atom is 0.0824 e. The van der Waals surface area contributed by atoms with Crippen molar-refractivity contribution in [1.82, 2.24) is 0 Å². The quantitative estimate of drug-likeness (QED) is 0.846. The molecule has 0 amide bonds. The fraction of sp³-hybridized carbons (Fsp3) is 0.538. The summed E-state index contributed by atoms with van der Waals surface area (Å²) in [7, 11) is 0. The molecule has 0 aromatic heterocycles. The van der Waals surface area contributed by atoms with E-state index in [0.29, 0.717) is 16.0 Å². The summed E-state index contributed by atoms with van der Waals surface area (Å²) in [5, 5.41) is 11.4. The van der Waals surface area contributed by atoms with E-state index in [0.717, 1.165) is 17.4 Å². The van der Waals surface area contributed by atoms with E-state index in [1.165, 1.54) is 19.3 Å². The molecule has 16 heavy (non-hydrogen) atoms. The number of aliphatic hydroxyl groups excluding tert-OH is 1. The summed E-state index contributed by atoms with van der Waals surface area (Å²) in [6.07, 6.45) is 3.55. The van der Waals surface area contributed by atoms with E-state index < -0.39 is 0 Å². The summed E-state index contributed by atoms with van der Waals surface area (Å²) < 4.78 is 0. The second-order valence-electron chi connectivity index (χ2n) is 4.95. The zero-order valence-corrected chi connectivity index (χ0v) is 10.4. The number of fused-ring (bicyclic) bond motifs is 1. The molecular weight excluding hydrogens is 243 g/mol. The van der Waals surface area contributed by atoms with E-state index >= 15 is 0 Å².